The van der Waals surface area contributed by atoms with Gasteiger partial charge in [0.1, 0.15) is 16.8 Å². The zero-order chi connectivity index (χ0) is 91.2. The fraction of sp³-hybridized carbons (Fsp3) is 0.238. The standard InChI is InChI=1S/C29H32O4.C28H31NO4.C20H16O3.C13H10O.C8H17NO2.C7H5BrO2.ClH.H3NO/c1-33-28(31)18-12-4-2-3-11-17-27(30)23-19-21-26(22-20-23)29(32,24-13-7-5-8-14-24)25-15-9-6-10-16-25;30-26(16-10-2-1-3-11-17-27(31)29-33)22-18-20-25(21-19-22)28(32,23-12-6-4-7-13-23)24-14-8-5-9-15-24;21-19(22)15-11-13-18(14-12-15)20(23,16-7-3-1-4-8-16)17-9-5-2-6-10-17;14-13(11-7-3-1-4-8-11)12-9-5-2-6-10-12;1-11-8(10)6-4-2-3-5-7-9;8-6-3-1-5(2-4-6)7(9)10;;1-2/h5-10,13-16,19-22,32H,2-4,11-12,17-18H2,1H3;4-9,12-15,18-21,32-33H,1-3,10-11,16-17H2,(H,29,31);1-14,23H,(H,21,22);1-10H;2-7,9H2,1H3;1-4H,(H,9,10);1H;2H,1H2. The predicted octanol–water partition coefficient (Wildman–Crippen LogP) is 21.0. The van der Waals surface area contributed by atoms with Crippen LogP contribution in [0.25, 0.3) is 0 Å². The summed E-state index contributed by atoms with van der Waals surface area (Å²) in [6, 6.07) is 103. The number of aromatic carboxylic acids is 2. The number of hydroxylamine groups is 1. The molecule has 0 heterocycles. The number of methoxy groups -OCH3 is 2. The van der Waals surface area contributed by atoms with Crippen molar-refractivity contribution in [3.8, 4) is 0 Å². The lowest BCUT2D eigenvalue weighted by Crippen LogP contribution is -2.28. The number of aliphatic hydroxyl groups is 3. The van der Waals surface area contributed by atoms with E-state index in [2.05, 4.69) is 31.3 Å². The van der Waals surface area contributed by atoms with Gasteiger partial charge in [0.05, 0.1) is 25.3 Å². The van der Waals surface area contributed by atoms with E-state index >= 15 is 0 Å². The number of nitrogens with two attached hydrogens (primary N) is 2. The van der Waals surface area contributed by atoms with E-state index in [1.54, 1.807) is 54.0 Å². The van der Waals surface area contributed by atoms with E-state index in [-0.39, 0.29) is 53.2 Å². The Morgan fingerprint density at radius 2 is 0.504 bits per heavy atom. The number of hydrogen-bond donors (Lipinski definition) is 10. The van der Waals surface area contributed by atoms with Gasteiger partial charge in [0.2, 0.25) is 5.91 Å². The van der Waals surface area contributed by atoms with Gasteiger partial charge in [-0.15, -0.1) is 12.4 Å². The van der Waals surface area contributed by atoms with Gasteiger partial charge in [-0.05, 0) is 132 Å². The maximum atomic E-state index is 12.6. The van der Waals surface area contributed by atoms with E-state index in [1.807, 2.05) is 279 Å². The number of amides is 1. The number of nitrogens with one attached hydrogen (secondary N) is 1. The highest BCUT2D eigenvalue weighted by atomic mass is 79.9. The van der Waals surface area contributed by atoms with E-state index in [0.29, 0.717) is 59.9 Å². The van der Waals surface area contributed by atoms with Gasteiger partial charge in [-0.1, -0.05) is 371 Å². The molecule has 0 aliphatic heterocycles. The largest absolute Gasteiger partial charge is 0.478 e. The number of benzene rings is 12. The van der Waals surface area contributed by atoms with Crippen molar-refractivity contribution in [3.63, 3.8) is 0 Å². The molecule has 666 valence electrons. The Morgan fingerprint density at radius 3 is 0.748 bits per heavy atom. The van der Waals surface area contributed by atoms with Crippen LogP contribution >= 0.6 is 28.3 Å². The second-order valence-corrected chi connectivity index (χ2v) is 30.2. The number of rotatable bonds is 37. The minimum atomic E-state index is -1.33. The first-order valence-corrected chi connectivity index (χ1v) is 42.7. The number of carboxylic acid groups (broad SMARTS) is 2. The van der Waals surface area contributed by atoms with Gasteiger partial charge in [0.25, 0.3) is 0 Å². The topological polar surface area (TPSA) is 361 Å². The summed E-state index contributed by atoms with van der Waals surface area (Å²) in [5, 5.41) is 67.6. The van der Waals surface area contributed by atoms with Gasteiger partial charge in [-0.3, -0.25) is 34.0 Å². The molecule has 12 rings (SSSR count). The number of unbranched alkanes of at least 4 members (excludes halogenated alkanes) is 11. The normalized spacial score (nSPS) is 10.5. The van der Waals surface area contributed by atoms with Crippen LogP contribution in [-0.4, -0.2) is 104 Å². The quantitative estimate of drug-likeness (QED) is 0.00432. The number of hydrogen-bond acceptors (Lipinski definition) is 17. The first-order valence-electron chi connectivity index (χ1n) is 41.9. The molecule has 0 saturated carbocycles. The van der Waals surface area contributed by atoms with Crippen LogP contribution in [0.3, 0.4) is 0 Å². The number of carbonyl (C=O) groups excluding carboxylic acids is 6. The highest BCUT2D eigenvalue weighted by Crippen LogP contribution is 2.40. The maximum absolute atomic E-state index is 12.6. The van der Waals surface area contributed by atoms with Crippen molar-refractivity contribution >= 4 is 75.5 Å². The molecule has 0 unspecified atom stereocenters. The van der Waals surface area contributed by atoms with Crippen LogP contribution in [0, 0.1) is 0 Å². The SMILES string of the molecule is COC(=O)CCCCCCCC(=O)c1ccc(C(O)(c2ccccc2)c2ccccc2)cc1.COC(=O)CCCCCCN.Cl.NO.O=C(CCCCCCCC(=O)c1ccc(C(O)(c2ccccc2)c2ccccc2)cc1)NO.O=C(O)c1ccc(Br)cc1.O=C(O)c1ccc(C(O)(c2ccccc2)c2ccccc2)cc1.O=C(c1ccccc1)c1ccccc1. The van der Waals surface area contributed by atoms with Crippen LogP contribution in [-0.2, 0) is 40.7 Å². The van der Waals surface area contributed by atoms with Crippen LogP contribution in [0.15, 0.2) is 344 Å². The number of carbonyl (C=O) groups is 8. The minimum absolute atomic E-state index is 0. The Balaban J connectivity index is 0.000000283. The third-order valence-corrected chi connectivity index (χ3v) is 21.1. The minimum Gasteiger partial charge on any atom is -0.478 e. The molecule has 0 bridgehead atoms. The molecule has 0 aromatic heterocycles. The van der Waals surface area contributed by atoms with Gasteiger partial charge in [-0.25, -0.2) is 21.0 Å². The summed E-state index contributed by atoms with van der Waals surface area (Å²) >= 11 is 3.20. The van der Waals surface area contributed by atoms with Crippen LogP contribution < -0.4 is 17.1 Å². The summed E-state index contributed by atoms with van der Waals surface area (Å²) < 4.78 is 10.0. The molecule has 0 aliphatic carbocycles. The number of Topliss-reactive ketones (excluding diaryl/α,β-unsaturated/α-hetero) is 2. The van der Waals surface area contributed by atoms with Crippen molar-refractivity contribution in [1.82, 2.24) is 5.48 Å². The summed E-state index contributed by atoms with van der Waals surface area (Å²) in [4.78, 5) is 91.1. The van der Waals surface area contributed by atoms with Gasteiger partial charge in [0, 0.05) is 58.8 Å². The molecule has 12 aromatic carbocycles. The highest BCUT2D eigenvalue weighted by Gasteiger charge is 2.36. The molecule has 0 fully saturated rings. The van der Waals surface area contributed by atoms with Gasteiger partial charge < -0.3 is 45.9 Å². The van der Waals surface area contributed by atoms with Gasteiger partial charge in [0.15, 0.2) is 17.3 Å². The maximum Gasteiger partial charge on any atom is 0.335 e. The number of ether oxygens (including phenoxy) is 2. The smallest absolute Gasteiger partial charge is 0.335 e. The van der Waals surface area contributed by atoms with Crippen molar-refractivity contribution in [3.05, 3.63) is 428 Å². The number of carboxylic acids is 2. The molecule has 22 heteroatoms. The molecule has 1 amide bonds. The molecular formula is C105H115BrClN3O17. The Hall–Kier alpha value is -12.5. The second-order valence-electron chi connectivity index (χ2n) is 29.3. The summed E-state index contributed by atoms with van der Waals surface area (Å²) in [7, 11) is 2.83. The second kappa shape index (κ2) is 58.6. The van der Waals surface area contributed by atoms with Gasteiger partial charge >= 0.3 is 23.9 Å². The highest BCUT2D eigenvalue weighted by molar-refractivity contribution is 9.10. The van der Waals surface area contributed by atoms with Crippen LogP contribution in [0.1, 0.15) is 229 Å². The molecule has 0 spiro atoms. The lowest BCUT2D eigenvalue weighted by molar-refractivity contribution is -0.141. The third kappa shape index (κ3) is 34.4. The third-order valence-electron chi connectivity index (χ3n) is 20.6. The first kappa shape index (κ1) is 105. The fourth-order valence-corrected chi connectivity index (χ4v) is 13.9. The van der Waals surface area contributed by atoms with Crippen molar-refractivity contribution < 1.29 is 83.8 Å². The fourth-order valence-electron chi connectivity index (χ4n) is 13.7. The van der Waals surface area contributed by atoms with Crippen LogP contribution in [0.2, 0.25) is 0 Å². The Kier molecular flexibility index (Phi) is 48.5. The zero-order valence-corrected chi connectivity index (χ0v) is 74.0. The van der Waals surface area contributed by atoms with E-state index in [0.717, 1.165) is 151 Å². The molecule has 12 N–H and O–H groups in total. The number of halogens is 2. The van der Waals surface area contributed by atoms with Crippen LogP contribution in [0.5, 0.6) is 0 Å². The zero-order valence-electron chi connectivity index (χ0n) is 71.6. The molecule has 0 aliphatic rings. The predicted molar refractivity (Wildman–Crippen MR) is 501 cm³/mol. The molecule has 127 heavy (non-hydrogen) atoms. The lowest BCUT2D eigenvalue weighted by atomic mass is 9.80. The Labute approximate surface area is 758 Å². The molecule has 12 aromatic rings. The average Bonchev–Trinajstić information content (AvgIpc) is 0.780. The summed E-state index contributed by atoms with van der Waals surface area (Å²) in [5.41, 5.74) is 12.9. The van der Waals surface area contributed by atoms with Crippen molar-refractivity contribution in [2.75, 3.05) is 20.8 Å². The van der Waals surface area contributed by atoms with E-state index < -0.39 is 28.7 Å². The Morgan fingerprint density at radius 1 is 0.291 bits per heavy atom. The summed E-state index contributed by atoms with van der Waals surface area (Å²) in [5.74, 6) is 1.25. The monoisotopic (exact) mass is 1800 g/mol. The Bertz CT molecular complexity index is 4820. The van der Waals surface area contributed by atoms with Crippen molar-refractivity contribution in [1.29, 1.82) is 0 Å². The number of ketones is 3. The molecule has 0 atom stereocenters. The van der Waals surface area contributed by atoms with Crippen LogP contribution in [0.4, 0.5) is 0 Å². The average molecular weight is 1810 g/mol. The molecule has 20 nitrogen and oxygen atoms in total. The summed E-state index contributed by atoms with van der Waals surface area (Å²) in [6.45, 7) is 0.748. The lowest BCUT2D eigenvalue weighted by Gasteiger charge is -2.30. The molecule has 0 radical (unpaired) electrons. The van der Waals surface area contributed by atoms with E-state index in [1.165, 1.54) is 26.4 Å². The molecular weight excluding hydrogens is 1690 g/mol. The van der Waals surface area contributed by atoms with E-state index in [4.69, 9.17) is 26.4 Å². The van der Waals surface area contributed by atoms with Crippen molar-refractivity contribution in [2.24, 2.45) is 11.6 Å². The van der Waals surface area contributed by atoms with Gasteiger partial charge in [-0.2, -0.15) is 0 Å². The van der Waals surface area contributed by atoms with E-state index in [9.17, 15) is 53.7 Å². The first-order chi connectivity index (χ1) is 61.1. The van der Waals surface area contributed by atoms with Crippen molar-refractivity contribution in [2.45, 2.75) is 139 Å². The molecule has 0 saturated heterocycles. The number of esters is 2. The summed E-state index contributed by atoms with van der Waals surface area (Å²) in [6.07, 6.45) is 15.4.